The number of fused-ring (bicyclic) bond motifs is 1. The average Bonchev–Trinajstić information content (AvgIpc) is 3.72. The molecule has 5 nitrogen and oxygen atoms in total. The number of allylic oxidation sites excluding steroid dienone is 1. The van der Waals surface area contributed by atoms with Gasteiger partial charge in [-0.1, -0.05) is 42.5 Å². The van der Waals surface area contributed by atoms with Gasteiger partial charge in [-0.05, 0) is 72.9 Å². The summed E-state index contributed by atoms with van der Waals surface area (Å²) in [6.07, 6.45) is 9.19. The van der Waals surface area contributed by atoms with Crippen LogP contribution in [0.25, 0.3) is 17.2 Å². The molecule has 0 bridgehead atoms. The highest BCUT2D eigenvalue weighted by atomic mass is 16.2. The Labute approximate surface area is 200 Å². The molecule has 0 unspecified atom stereocenters. The Morgan fingerprint density at radius 3 is 2.62 bits per heavy atom. The summed E-state index contributed by atoms with van der Waals surface area (Å²) in [7, 11) is 0. The average molecular weight is 452 g/mol. The second kappa shape index (κ2) is 7.14. The van der Waals surface area contributed by atoms with E-state index in [1.54, 1.807) is 0 Å². The van der Waals surface area contributed by atoms with E-state index in [1.165, 1.54) is 27.8 Å². The van der Waals surface area contributed by atoms with E-state index in [2.05, 4.69) is 55.5 Å². The van der Waals surface area contributed by atoms with Gasteiger partial charge in [0.05, 0.1) is 0 Å². The summed E-state index contributed by atoms with van der Waals surface area (Å²) in [4.78, 5) is 34.4. The maximum Gasteiger partial charge on any atom is 0.256 e. The van der Waals surface area contributed by atoms with Crippen molar-refractivity contribution in [3.63, 3.8) is 0 Å². The molecule has 2 heterocycles. The molecular weight excluding hydrogens is 422 g/mol. The number of carbonyl (C=O) groups is 2. The lowest BCUT2D eigenvalue weighted by atomic mass is 9.95. The van der Waals surface area contributed by atoms with Crippen LogP contribution in [0.4, 0.5) is 0 Å². The Morgan fingerprint density at radius 1 is 1.09 bits per heavy atom. The SMILES string of the molecule is Cc1cc(C2=NC3(CC3)C(=O)N2CC2CN(C(=O)C3CC3)C2)ccc1-c1ccc2c(c1)CC=C2. The molecule has 3 fully saturated rings. The highest BCUT2D eigenvalue weighted by molar-refractivity contribution is 6.16. The second-order valence-electron chi connectivity index (χ2n) is 10.8. The van der Waals surface area contributed by atoms with Crippen molar-refractivity contribution < 1.29 is 9.59 Å². The fourth-order valence-electron chi connectivity index (χ4n) is 5.76. The topological polar surface area (TPSA) is 53.0 Å². The summed E-state index contributed by atoms with van der Waals surface area (Å²) in [5, 5.41) is 0. The van der Waals surface area contributed by atoms with Crippen molar-refractivity contribution in [1.29, 1.82) is 0 Å². The standard InChI is InChI=1S/C29H29N3O2/c1-18-13-24(9-10-25(18)23-8-5-20-3-2-4-22(20)14-23)26-30-29(11-12-29)28(34)32(26)17-19-15-31(16-19)27(33)21-6-7-21/h2-3,5,8-10,13-14,19,21H,4,6-7,11-12,15-17H2,1H3. The predicted molar refractivity (Wildman–Crippen MR) is 132 cm³/mol. The molecule has 1 spiro atoms. The minimum absolute atomic E-state index is 0.155. The van der Waals surface area contributed by atoms with E-state index in [0.29, 0.717) is 18.4 Å². The number of aliphatic imine (C=N–C) groups is 1. The number of amides is 2. The molecule has 0 radical (unpaired) electrons. The third kappa shape index (κ3) is 3.17. The molecule has 5 heteroatoms. The van der Waals surface area contributed by atoms with Gasteiger partial charge in [-0.25, -0.2) is 0 Å². The summed E-state index contributed by atoms with van der Waals surface area (Å²) in [5.41, 5.74) is 6.86. The van der Waals surface area contributed by atoms with Gasteiger partial charge in [-0.15, -0.1) is 0 Å². The van der Waals surface area contributed by atoms with Crippen LogP contribution < -0.4 is 0 Å². The molecular formula is C29H29N3O2. The lowest BCUT2D eigenvalue weighted by Crippen LogP contribution is -2.55. The molecule has 2 saturated carbocycles. The van der Waals surface area contributed by atoms with Gasteiger partial charge in [0.1, 0.15) is 11.4 Å². The van der Waals surface area contributed by atoms with Crippen molar-refractivity contribution in [3.05, 3.63) is 64.7 Å². The number of carbonyl (C=O) groups excluding carboxylic acids is 2. The maximum absolute atomic E-state index is 13.3. The van der Waals surface area contributed by atoms with Crippen molar-refractivity contribution in [2.24, 2.45) is 16.8 Å². The van der Waals surface area contributed by atoms with Gasteiger partial charge in [0.2, 0.25) is 5.91 Å². The smallest absolute Gasteiger partial charge is 0.256 e. The van der Waals surface area contributed by atoms with E-state index in [-0.39, 0.29) is 11.8 Å². The molecule has 34 heavy (non-hydrogen) atoms. The first-order valence-electron chi connectivity index (χ1n) is 12.6. The van der Waals surface area contributed by atoms with Gasteiger partial charge in [0.15, 0.2) is 0 Å². The molecule has 2 aliphatic heterocycles. The number of hydrogen-bond acceptors (Lipinski definition) is 3. The fraction of sp³-hybridized carbons (Fsp3) is 0.414. The highest BCUT2D eigenvalue weighted by Gasteiger charge is 2.58. The Kier molecular flexibility index (Phi) is 4.24. The van der Waals surface area contributed by atoms with Crippen LogP contribution in [0.15, 0.2) is 47.5 Å². The highest BCUT2D eigenvalue weighted by Crippen LogP contribution is 2.46. The number of hydrogen-bond donors (Lipinski definition) is 0. The van der Waals surface area contributed by atoms with E-state index in [1.807, 2.05) is 9.80 Å². The Balaban J connectivity index is 1.13. The lowest BCUT2D eigenvalue weighted by molar-refractivity contribution is -0.139. The van der Waals surface area contributed by atoms with E-state index in [0.717, 1.165) is 56.6 Å². The van der Waals surface area contributed by atoms with Crippen LogP contribution in [0.2, 0.25) is 0 Å². The summed E-state index contributed by atoms with van der Waals surface area (Å²) < 4.78 is 0. The quantitative estimate of drug-likeness (QED) is 0.684. The van der Waals surface area contributed by atoms with Crippen LogP contribution in [0.1, 0.15) is 47.9 Å². The zero-order valence-corrected chi connectivity index (χ0v) is 19.6. The molecule has 7 rings (SSSR count). The van der Waals surface area contributed by atoms with Crippen LogP contribution in [0, 0.1) is 18.8 Å². The van der Waals surface area contributed by atoms with Gasteiger partial charge >= 0.3 is 0 Å². The molecule has 2 aromatic rings. The van der Waals surface area contributed by atoms with Gasteiger partial charge in [-0.2, -0.15) is 0 Å². The van der Waals surface area contributed by atoms with Crippen molar-refractivity contribution in [1.82, 2.24) is 9.80 Å². The molecule has 2 aromatic carbocycles. The molecule has 2 amide bonds. The van der Waals surface area contributed by atoms with Crippen LogP contribution in [-0.2, 0) is 16.0 Å². The number of amidine groups is 1. The van der Waals surface area contributed by atoms with Crippen molar-refractivity contribution in [2.45, 2.75) is 44.6 Å². The molecule has 5 aliphatic rings. The largest absolute Gasteiger partial charge is 0.342 e. The summed E-state index contributed by atoms with van der Waals surface area (Å²) in [6, 6.07) is 13.2. The van der Waals surface area contributed by atoms with Crippen LogP contribution in [-0.4, -0.2) is 52.6 Å². The zero-order chi connectivity index (χ0) is 23.0. The number of benzene rings is 2. The van der Waals surface area contributed by atoms with Gasteiger partial charge in [0.25, 0.3) is 5.91 Å². The lowest BCUT2D eigenvalue weighted by Gasteiger charge is -2.41. The van der Waals surface area contributed by atoms with E-state index in [4.69, 9.17) is 4.99 Å². The predicted octanol–water partition coefficient (Wildman–Crippen LogP) is 4.22. The number of likely N-dealkylation sites (tertiary alicyclic amines) is 1. The number of aryl methyl sites for hydroxylation is 1. The van der Waals surface area contributed by atoms with Crippen molar-refractivity contribution >= 4 is 23.7 Å². The summed E-state index contributed by atoms with van der Waals surface area (Å²) in [6.45, 7) is 4.34. The number of nitrogens with zero attached hydrogens (tertiary/aromatic N) is 3. The molecule has 0 atom stereocenters. The summed E-state index contributed by atoms with van der Waals surface area (Å²) >= 11 is 0. The normalized spacial score (nSPS) is 22.3. The first-order valence-corrected chi connectivity index (χ1v) is 12.6. The van der Waals surface area contributed by atoms with Crippen LogP contribution >= 0.6 is 0 Å². The van der Waals surface area contributed by atoms with Crippen LogP contribution in [0.5, 0.6) is 0 Å². The van der Waals surface area contributed by atoms with Crippen LogP contribution in [0.3, 0.4) is 0 Å². The Bertz CT molecular complexity index is 1290. The minimum Gasteiger partial charge on any atom is -0.342 e. The molecule has 0 aromatic heterocycles. The van der Waals surface area contributed by atoms with E-state index >= 15 is 0 Å². The first-order chi connectivity index (χ1) is 16.5. The van der Waals surface area contributed by atoms with Gasteiger partial charge < -0.3 is 4.90 Å². The molecule has 3 aliphatic carbocycles. The zero-order valence-electron chi connectivity index (χ0n) is 19.6. The van der Waals surface area contributed by atoms with Crippen molar-refractivity contribution in [2.75, 3.05) is 19.6 Å². The molecule has 1 saturated heterocycles. The molecule has 0 N–H and O–H groups in total. The molecule has 172 valence electrons. The maximum atomic E-state index is 13.3. The fourth-order valence-corrected chi connectivity index (χ4v) is 5.76. The van der Waals surface area contributed by atoms with Crippen molar-refractivity contribution in [3.8, 4) is 11.1 Å². The summed E-state index contributed by atoms with van der Waals surface area (Å²) in [5.74, 6) is 1.89. The van der Waals surface area contributed by atoms with Gasteiger partial charge in [0, 0.05) is 37.0 Å². The monoisotopic (exact) mass is 451 g/mol. The van der Waals surface area contributed by atoms with Gasteiger partial charge in [-0.3, -0.25) is 19.5 Å². The third-order valence-corrected chi connectivity index (χ3v) is 8.15. The third-order valence-electron chi connectivity index (χ3n) is 8.15. The minimum atomic E-state index is -0.512. The first kappa shape index (κ1) is 20.2. The second-order valence-corrected chi connectivity index (χ2v) is 10.8. The van der Waals surface area contributed by atoms with E-state index in [9.17, 15) is 9.59 Å². The number of rotatable bonds is 5. The Hall–Kier alpha value is -3.21. The van der Waals surface area contributed by atoms with E-state index < -0.39 is 5.54 Å². The Morgan fingerprint density at radius 2 is 1.88 bits per heavy atom.